The Morgan fingerprint density at radius 1 is 1.58 bits per heavy atom. The topological polar surface area (TPSA) is 90.5 Å². The second kappa shape index (κ2) is 5.73. The Labute approximate surface area is 111 Å². The molecule has 1 fully saturated rings. The molecule has 0 atom stereocenters. The minimum Gasteiger partial charge on any atom is -0.465 e. The van der Waals surface area contributed by atoms with Crippen LogP contribution in [0.3, 0.4) is 0 Å². The number of nitrogen functional groups attached to an aromatic ring is 1. The third-order valence-electron chi connectivity index (χ3n) is 2.87. The molecule has 2 N–H and O–H groups in total. The number of hydrogen-bond acceptors (Lipinski definition) is 5. The number of rotatable bonds is 6. The molecule has 0 aliphatic heterocycles. The van der Waals surface area contributed by atoms with E-state index >= 15 is 0 Å². The molecule has 7 heteroatoms. The largest absolute Gasteiger partial charge is 0.465 e. The minimum atomic E-state index is -0.372. The second-order valence-electron chi connectivity index (χ2n) is 4.50. The normalized spacial score (nSPS) is 14.2. The highest BCUT2D eigenvalue weighted by Gasteiger charge is 2.34. The van der Waals surface area contributed by atoms with E-state index in [1.807, 2.05) is 0 Å². The van der Waals surface area contributed by atoms with Crippen molar-refractivity contribution in [3.05, 3.63) is 12.3 Å². The molecule has 2 rings (SSSR count). The molecule has 1 aliphatic carbocycles. The average Bonchev–Trinajstić information content (AvgIpc) is 3.11. The quantitative estimate of drug-likeness (QED) is 0.733. The maximum absolute atomic E-state index is 12.2. The highest BCUT2D eigenvalue weighted by molar-refractivity contribution is 5.82. The van der Waals surface area contributed by atoms with Gasteiger partial charge in [0.1, 0.15) is 18.9 Å². The molecule has 1 aromatic heterocycles. The number of hydrogen-bond donors (Lipinski definition) is 1. The molecule has 1 heterocycles. The molecule has 0 aromatic carbocycles. The molecule has 7 nitrogen and oxygen atoms in total. The zero-order valence-electron chi connectivity index (χ0n) is 10.9. The SMILES string of the molecule is CCOC(=O)CN(C(=O)Cn1ccc(N)n1)C1CC1. The first-order valence-corrected chi connectivity index (χ1v) is 6.34. The van der Waals surface area contributed by atoms with Gasteiger partial charge in [0.25, 0.3) is 0 Å². The number of ether oxygens (including phenoxy) is 1. The molecule has 0 saturated heterocycles. The maximum atomic E-state index is 12.2. The van der Waals surface area contributed by atoms with Crippen LogP contribution >= 0.6 is 0 Å². The van der Waals surface area contributed by atoms with Gasteiger partial charge in [-0.25, -0.2) is 0 Å². The molecular formula is C12H18N4O3. The highest BCUT2D eigenvalue weighted by atomic mass is 16.5. The van der Waals surface area contributed by atoms with Crippen molar-refractivity contribution in [2.24, 2.45) is 0 Å². The molecule has 1 aliphatic rings. The van der Waals surface area contributed by atoms with E-state index in [-0.39, 0.29) is 31.0 Å². The summed E-state index contributed by atoms with van der Waals surface area (Å²) in [5.41, 5.74) is 5.49. The van der Waals surface area contributed by atoms with E-state index in [9.17, 15) is 9.59 Å². The van der Waals surface area contributed by atoms with Gasteiger partial charge >= 0.3 is 5.97 Å². The Balaban J connectivity index is 1.94. The van der Waals surface area contributed by atoms with E-state index in [0.29, 0.717) is 12.4 Å². The summed E-state index contributed by atoms with van der Waals surface area (Å²) in [7, 11) is 0. The molecule has 0 radical (unpaired) electrons. The van der Waals surface area contributed by atoms with Crippen molar-refractivity contribution in [2.75, 3.05) is 18.9 Å². The fourth-order valence-corrected chi connectivity index (χ4v) is 1.85. The molecule has 0 bridgehead atoms. The van der Waals surface area contributed by atoms with Crippen LogP contribution in [0.25, 0.3) is 0 Å². The molecule has 104 valence electrons. The van der Waals surface area contributed by atoms with Gasteiger partial charge in [-0.2, -0.15) is 5.10 Å². The van der Waals surface area contributed by atoms with Crippen molar-refractivity contribution in [3.63, 3.8) is 0 Å². The molecular weight excluding hydrogens is 248 g/mol. The number of nitrogens with two attached hydrogens (primary N) is 1. The molecule has 1 aromatic rings. The van der Waals surface area contributed by atoms with Crippen LogP contribution in [-0.2, 0) is 20.9 Å². The number of amides is 1. The Morgan fingerprint density at radius 2 is 2.32 bits per heavy atom. The number of esters is 1. The lowest BCUT2D eigenvalue weighted by molar-refractivity contribution is -0.149. The van der Waals surface area contributed by atoms with Crippen LogP contribution in [0, 0.1) is 0 Å². The monoisotopic (exact) mass is 266 g/mol. The van der Waals surface area contributed by atoms with Gasteiger partial charge in [-0.05, 0) is 25.8 Å². The van der Waals surface area contributed by atoms with Crippen molar-refractivity contribution >= 4 is 17.7 Å². The maximum Gasteiger partial charge on any atom is 0.325 e. The summed E-state index contributed by atoms with van der Waals surface area (Å²) in [6.07, 6.45) is 3.52. The van der Waals surface area contributed by atoms with Gasteiger partial charge in [0.05, 0.1) is 6.61 Å². The van der Waals surface area contributed by atoms with Crippen LogP contribution in [0.1, 0.15) is 19.8 Å². The third kappa shape index (κ3) is 3.70. The van der Waals surface area contributed by atoms with Crippen molar-refractivity contribution in [1.82, 2.24) is 14.7 Å². The van der Waals surface area contributed by atoms with E-state index in [2.05, 4.69) is 5.10 Å². The predicted octanol–water partition coefficient (Wildman–Crippen LogP) is 0.0194. The summed E-state index contributed by atoms with van der Waals surface area (Å²) < 4.78 is 6.35. The zero-order chi connectivity index (χ0) is 13.8. The summed E-state index contributed by atoms with van der Waals surface area (Å²) >= 11 is 0. The number of anilines is 1. The van der Waals surface area contributed by atoms with Gasteiger partial charge in [0, 0.05) is 12.2 Å². The van der Waals surface area contributed by atoms with Crippen molar-refractivity contribution in [2.45, 2.75) is 32.4 Å². The van der Waals surface area contributed by atoms with Crippen molar-refractivity contribution in [1.29, 1.82) is 0 Å². The fraction of sp³-hybridized carbons (Fsp3) is 0.583. The van der Waals surface area contributed by atoms with Crippen LogP contribution in [0.15, 0.2) is 12.3 Å². The highest BCUT2D eigenvalue weighted by Crippen LogP contribution is 2.27. The van der Waals surface area contributed by atoms with Gasteiger partial charge < -0.3 is 15.4 Å². The van der Waals surface area contributed by atoms with Gasteiger partial charge in [-0.3, -0.25) is 14.3 Å². The van der Waals surface area contributed by atoms with Gasteiger partial charge in [-0.1, -0.05) is 0 Å². The summed E-state index contributed by atoms with van der Waals surface area (Å²) in [4.78, 5) is 25.2. The van der Waals surface area contributed by atoms with Crippen LogP contribution < -0.4 is 5.73 Å². The molecule has 19 heavy (non-hydrogen) atoms. The lowest BCUT2D eigenvalue weighted by Gasteiger charge is -2.21. The van der Waals surface area contributed by atoms with E-state index in [1.165, 1.54) is 4.68 Å². The lowest BCUT2D eigenvalue weighted by atomic mass is 10.4. The predicted molar refractivity (Wildman–Crippen MR) is 68.0 cm³/mol. The lowest BCUT2D eigenvalue weighted by Crippen LogP contribution is -2.40. The summed E-state index contributed by atoms with van der Waals surface area (Å²) in [5.74, 6) is -0.141. The van der Waals surface area contributed by atoms with Crippen molar-refractivity contribution < 1.29 is 14.3 Å². The first kappa shape index (κ1) is 13.4. The summed E-state index contributed by atoms with van der Waals surface area (Å²) in [6, 6.07) is 1.78. The average molecular weight is 266 g/mol. The van der Waals surface area contributed by atoms with Crippen LogP contribution in [0.2, 0.25) is 0 Å². The molecule has 1 saturated carbocycles. The van der Waals surface area contributed by atoms with Crippen LogP contribution in [0.4, 0.5) is 5.82 Å². The van der Waals surface area contributed by atoms with Gasteiger partial charge in [0.2, 0.25) is 5.91 Å². The molecule has 0 unspecified atom stereocenters. The smallest absolute Gasteiger partial charge is 0.325 e. The minimum absolute atomic E-state index is 0.00803. The first-order valence-electron chi connectivity index (χ1n) is 6.34. The van der Waals surface area contributed by atoms with Gasteiger partial charge in [-0.15, -0.1) is 0 Å². The Bertz CT molecular complexity index is 467. The Morgan fingerprint density at radius 3 is 2.84 bits per heavy atom. The summed E-state index contributed by atoms with van der Waals surface area (Å²) in [5, 5.41) is 3.96. The summed E-state index contributed by atoms with van der Waals surface area (Å²) in [6.45, 7) is 2.16. The zero-order valence-corrected chi connectivity index (χ0v) is 10.9. The van der Waals surface area contributed by atoms with Crippen LogP contribution in [-0.4, -0.2) is 45.8 Å². The van der Waals surface area contributed by atoms with Gasteiger partial charge in [0.15, 0.2) is 0 Å². The second-order valence-corrected chi connectivity index (χ2v) is 4.50. The van der Waals surface area contributed by atoms with E-state index in [1.54, 1.807) is 24.1 Å². The Kier molecular flexibility index (Phi) is 4.03. The number of aromatic nitrogens is 2. The van der Waals surface area contributed by atoms with E-state index in [0.717, 1.165) is 12.8 Å². The van der Waals surface area contributed by atoms with E-state index in [4.69, 9.17) is 10.5 Å². The molecule has 0 spiro atoms. The third-order valence-corrected chi connectivity index (χ3v) is 2.87. The Hall–Kier alpha value is -2.05. The number of carbonyl (C=O) groups is 2. The van der Waals surface area contributed by atoms with Crippen molar-refractivity contribution in [3.8, 4) is 0 Å². The number of nitrogens with zero attached hydrogens (tertiary/aromatic N) is 3. The van der Waals surface area contributed by atoms with Crippen LogP contribution in [0.5, 0.6) is 0 Å². The first-order chi connectivity index (χ1) is 9.10. The molecule has 1 amide bonds. The standard InChI is InChI=1S/C12H18N4O3/c1-2-19-12(18)8-16(9-3-4-9)11(17)7-15-6-5-10(13)14-15/h5-6,9H,2-4,7-8H2,1H3,(H2,13,14). The number of carbonyl (C=O) groups excluding carboxylic acids is 2. The van der Waals surface area contributed by atoms with E-state index < -0.39 is 0 Å². The fourth-order valence-electron chi connectivity index (χ4n) is 1.85.